The molecule has 0 bridgehead atoms. The van der Waals surface area contributed by atoms with Gasteiger partial charge in [-0.05, 0) is 43.3 Å². The molecule has 0 amide bonds. The van der Waals surface area contributed by atoms with Gasteiger partial charge >= 0.3 is 0 Å². The van der Waals surface area contributed by atoms with Gasteiger partial charge in [-0.1, -0.05) is 47.5 Å². The van der Waals surface area contributed by atoms with Gasteiger partial charge in [-0.15, -0.1) is 0 Å². The first kappa shape index (κ1) is 21.0. The van der Waals surface area contributed by atoms with Crippen LogP contribution in [0.1, 0.15) is 31.2 Å². The molecule has 2 aromatic carbocycles. The normalized spacial score (nSPS) is 12.2. The standard InChI is InChI=1S/C20H25BrN4O2S/c1-3-4-11-25-19-10-9-16(28(22,26)27)12-18(19)23-20(25)14-24(2)13-15-7-5-6-8-17(15)21/h5-10,12H,3-4,11,13-14H2,1-2H3,(H2,22,26,27). The number of primary sulfonamides is 1. The highest BCUT2D eigenvalue weighted by Crippen LogP contribution is 2.23. The lowest BCUT2D eigenvalue weighted by atomic mass is 10.2. The molecule has 0 saturated carbocycles. The highest BCUT2D eigenvalue weighted by Gasteiger charge is 2.16. The first-order chi connectivity index (χ1) is 13.3. The monoisotopic (exact) mass is 464 g/mol. The number of nitrogens with zero attached hydrogens (tertiary/aromatic N) is 3. The quantitative estimate of drug-likeness (QED) is 0.548. The van der Waals surface area contributed by atoms with Crippen LogP contribution >= 0.6 is 15.9 Å². The second-order valence-corrected chi connectivity index (χ2v) is 9.41. The van der Waals surface area contributed by atoms with Gasteiger partial charge in [0.2, 0.25) is 10.0 Å². The maximum Gasteiger partial charge on any atom is 0.238 e. The molecule has 3 aromatic rings. The molecule has 0 aliphatic rings. The number of aromatic nitrogens is 2. The molecular formula is C20H25BrN4O2S. The number of imidazole rings is 1. The van der Waals surface area contributed by atoms with Gasteiger partial charge in [-0.25, -0.2) is 18.5 Å². The van der Waals surface area contributed by atoms with Crippen molar-refractivity contribution in [2.24, 2.45) is 5.14 Å². The Labute approximate surface area is 174 Å². The summed E-state index contributed by atoms with van der Waals surface area (Å²) in [6.45, 7) is 4.43. The molecule has 1 heterocycles. The SMILES string of the molecule is CCCCn1c(CN(C)Cc2ccccc2Br)nc2cc(S(N)(=O)=O)ccc21. The number of unbranched alkanes of at least 4 members (excludes halogenated alkanes) is 1. The maximum absolute atomic E-state index is 11.7. The van der Waals surface area contributed by atoms with Crippen molar-refractivity contribution < 1.29 is 8.42 Å². The summed E-state index contributed by atoms with van der Waals surface area (Å²) in [5.74, 6) is 0.921. The van der Waals surface area contributed by atoms with E-state index in [9.17, 15) is 8.42 Å². The predicted molar refractivity (Wildman–Crippen MR) is 115 cm³/mol. The summed E-state index contributed by atoms with van der Waals surface area (Å²) in [6.07, 6.45) is 2.10. The minimum absolute atomic E-state index is 0.0910. The van der Waals surface area contributed by atoms with Crippen LogP contribution in [0.25, 0.3) is 11.0 Å². The molecule has 150 valence electrons. The average molecular weight is 465 g/mol. The topological polar surface area (TPSA) is 81.2 Å². The van der Waals surface area contributed by atoms with Crippen molar-refractivity contribution in [1.82, 2.24) is 14.5 Å². The lowest BCUT2D eigenvalue weighted by Crippen LogP contribution is -2.20. The maximum atomic E-state index is 11.7. The Bertz CT molecular complexity index is 1080. The fourth-order valence-electron chi connectivity index (χ4n) is 3.24. The van der Waals surface area contributed by atoms with E-state index in [-0.39, 0.29) is 4.90 Å². The second kappa shape index (κ2) is 8.73. The molecule has 0 unspecified atom stereocenters. The third-order valence-electron chi connectivity index (χ3n) is 4.67. The van der Waals surface area contributed by atoms with E-state index < -0.39 is 10.0 Å². The minimum atomic E-state index is -3.75. The van der Waals surface area contributed by atoms with Gasteiger partial charge in [0.05, 0.1) is 22.5 Å². The van der Waals surface area contributed by atoms with Crippen LogP contribution in [0.3, 0.4) is 0 Å². The Morgan fingerprint density at radius 3 is 2.61 bits per heavy atom. The summed E-state index contributed by atoms with van der Waals surface area (Å²) < 4.78 is 26.6. The fourth-order valence-corrected chi connectivity index (χ4v) is 4.18. The van der Waals surface area contributed by atoms with Gasteiger partial charge in [-0.2, -0.15) is 0 Å². The van der Waals surface area contributed by atoms with E-state index in [4.69, 9.17) is 10.1 Å². The number of benzene rings is 2. The van der Waals surface area contributed by atoms with Gasteiger partial charge < -0.3 is 4.57 Å². The lowest BCUT2D eigenvalue weighted by Gasteiger charge is -2.18. The Morgan fingerprint density at radius 2 is 1.93 bits per heavy atom. The highest BCUT2D eigenvalue weighted by atomic mass is 79.9. The minimum Gasteiger partial charge on any atom is -0.327 e. The molecule has 0 atom stereocenters. The predicted octanol–water partition coefficient (Wildman–Crippen LogP) is 3.88. The molecule has 2 N–H and O–H groups in total. The summed E-state index contributed by atoms with van der Waals surface area (Å²) in [5, 5.41) is 5.28. The first-order valence-electron chi connectivity index (χ1n) is 9.23. The van der Waals surface area contributed by atoms with E-state index in [2.05, 4.69) is 45.4 Å². The lowest BCUT2D eigenvalue weighted by molar-refractivity contribution is 0.304. The van der Waals surface area contributed by atoms with Crippen molar-refractivity contribution in [1.29, 1.82) is 0 Å². The number of halogens is 1. The smallest absolute Gasteiger partial charge is 0.238 e. The van der Waals surface area contributed by atoms with E-state index in [0.717, 1.165) is 41.7 Å². The fraction of sp³-hybridized carbons (Fsp3) is 0.350. The molecule has 0 aliphatic heterocycles. The van der Waals surface area contributed by atoms with Crippen LogP contribution in [0.15, 0.2) is 51.8 Å². The van der Waals surface area contributed by atoms with Gasteiger partial charge in [0, 0.05) is 17.6 Å². The summed E-state index contributed by atoms with van der Waals surface area (Å²) in [6, 6.07) is 13.1. The van der Waals surface area contributed by atoms with E-state index in [1.165, 1.54) is 5.56 Å². The molecule has 0 aliphatic carbocycles. The number of aryl methyl sites for hydroxylation is 1. The number of rotatable bonds is 8. The Morgan fingerprint density at radius 1 is 1.18 bits per heavy atom. The van der Waals surface area contributed by atoms with Crippen LogP contribution in [0.4, 0.5) is 0 Å². The van der Waals surface area contributed by atoms with Crippen molar-refractivity contribution in [3.05, 3.63) is 58.3 Å². The molecule has 0 fully saturated rings. The average Bonchev–Trinajstić information content (AvgIpc) is 2.97. The molecule has 8 heteroatoms. The largest absolute Gasteiger partial charge is 0.327 e. The molecule has 1 aromatic heterocycles. The van der Waals surface area contributed by atoms with Crippen molar-refractivity contribution in [3.8, 4) is 0 Å². The molecule has 28 heavy (non-hydrogen) atoms. The third kappa shape index (κ3) is 4.81. The van der Waals surface area contributed by atoms with Crippen molar-refractivity contribution in [2.75, 3.05) is 7.05 Å². The number of hydrogen-bond donors (Lipinski definition) is 1. The summed E-state index contributed by atoms with van der Waals surface area (Å²) in [4.78, 5) is 7.02. The first-order valence-corrected chi connectivity index (χ1v) is 11.6. The zero-order valence-electron chi connectivity index (χ0n) is 16.1. The summed E-state index contributed by atoms with van der Waals surface area (Å²) in [7, 11) is -1.69. The zero-order valence-corrected chi connectivity index (χ0v) is 18.5. The molecule has 0 saturated heterocycles. The number of hydrogen-bond acceptors (Lipinski definition) is 4. The van der Waals surface area contributed by atoms with Crippen molar-refractivity contribution in [2.45, 2.75) is 44.3 Å². The summed E-state index contributed by atoms with van der Waals surface area (Å²) >= 11 is 3.60. The van der Waals surface area contributed by atoms with E-state index in [1.807, 2.05) is 18.2 Å². The molecule has 0 spiro atoms. The Hall–Kier alpha value is -1.74. The Kier molecular flexibility index (Phi) is 6.54. The Balaban J connectivity index is 1.92. The number of sulfonamides is 1. The van der Waals surface area contributed by atoms with Crippen LogP contribution in [0.5, 0.6) is 0 Å². The molecule has 0 radical (unpaired) electrons. The van der Waals surface area contributed by atoms with Crippen LogP contribution in [-0.4, -0.2) is 29.9 Å². The van der Waals surface area contributed by atoms with Crippen LogP contribution in [-0.2, 0) is 29.7 Å². The zero-order chi connectivity index (χ0) is 20.3. The molecule has 3 rings (SSSR count). The van der Waals surface area contributed by atoms with Crippen molar-refractivity contribution >= 4 is 37.0 Å². The number of nitrogens with two attached hydrogens (primary N) is 1. The third-order valence-corrected chi connectivity index (χ3v) is 6.36. The van der Waals surface area contributed by atoms with Gasteiger partial charge in [0.25, 0.3) is 0 Å². The second-order valence-electron chi connectivity index (χ2n) is 6.99. The van der Waals surface area contributed by atoms with Gasteiger partial charge in [-0.3, -0.25) is 4.90 Å². The highest BCUT2D eigenvalue weighted by molar-refractivity contribution is 9.10. The van der Waals surface area contributed by atoms with E-state index in [1.54, 1.807) is 18.2 Å². The van der Waals surface area contributed by atoms with E-state index >= 15 is 0 Å². The van der Waals surface area contributed by atoms with Crippen LogP contribution in [0, 0.1) is 0 Å². The van der Waals surface area contributed by atoms with E-state index in [0.29, 0.717) is 12.1 Å². The van der Waals surface area contributed by atoms with Crippen LogP contribution in [0.2, 0.25) is 0 Å². The molecule has 6 nitrogen and oxygen atoms in total. The molecular weight excluding hydrogens is 440 g/mol. The number of fused-ring (bicyclic) bond motifs is 1. The summed E-state index contributed by atoms with van der Waals surface area (Å²) in [5.41, 5.74) is 2.80. The van der Waals surface area contributed by atoms with Gasteiger partial charge in [0.1, 0.15) is 5.82 Å². The van der Waals surface area contributed by atoms with Crippen molar-refractivity contribution in [3.63, 3.8) is 0 Å². The van der Waals surface area contributed by atoms with Crippen LogP contribution < -0.4 is 5.14 Å². The van der Waals surface area contributed by atoms with Gasteiger partial charge in [0.15, 0.2) is 0 Å².